The first-order chi connectivity index (χ1) is 16.6. The average molecular weight is 499 g/mol. The number of esters is 1. The van der Waals surface area contributed by atoms with Gasteiger partial charge in [0.15, 0.2) is 11.5 Å². The third-order valence-corrected chi connectivity index (χ3v) is 7.44. The van der Waals surface area contributed by atoms with Gasteiger partial charge in [0.2, 0.25) is 5.91 Å². The number of likely N-dealkylation sites (tertiary alicyclic amines) is 1. The number of methoxy groups -OCH3 is 2. The largest absolute Gasteiger partial charge is 0.493 e. The molecule has 34 heavy (non-hydrogen) atoms. The van der Waals surface area contributed by atoms with Crippen LogP contribution in [0.3, 0.4) is 0 Å². The van der Waals surface area contributed by atoms with Crippen molar-refractivity contribution in [3.8, 4) is 22.1 Å². The Bertz CT molecular complexity index is 1160. The summed E-state index contributed by atoms with van der Waals surface area (Å²) < 4.78 is 16.4. The number of para-hydroxylation sites is 1. The number of ether oxygens (including phenoxy) is 3. The minimum Gasteiger partial charge on any atom is -0.493 e. The average Bonchev–Trinajstić information content (AvgIpc) is 3.58. The Labute approximate surface area is 207 Å². The number of hydrogen-bond acceptors (Lipinski definition) is 8. The van der Waals surface area contributed by atoms with Crippen molar-refractivity contribution in [3.05, 3.63) is 59.1 Å². The summed E-state index contributed by atoms with van der Waals surface area (Å²) in [5.41, 5.74) is 1.91. The van der Waals surface area contributed by atoms with Gasteiger partial charge in [0, 0.05) is 23.4 Å². The first-order valence-electron chi connectivity index (χ1n) is 10.9. The van der Waals surface area contributed by atoms with Crippen LogP contribution in [0.2, 0.25) is 0 Å². The van der Waals surface area contributed by atoms with Gasteiger partial charge in [-0.15, -0.1) is 23.1 Å². The molecule has 0 saturated carbocycles. The van der Waals surface area contributed by atoms with E-state index in [-0.39, 0.29) is 12.5 Å². The number of aromatic nitrogens is 1. The molecule has 7 nitrogen and oxygen atoms in total. The molecule has 1 fully saturated rings. The van der Waals surface area contributed by atoms with Gasteiger partial charge in [-0.1, -0.05) is 18.2 Å². The number of rotatable bonds is 9. The van der Waals surface area contributed by atoms with Gasteiger partial charge in [-0.3, -0.25) is 4.79 Å². The lowest BCUT2D eigenvalue weighted by Crippen LogP contribution is -2.29. The molecular formula is C25H26N2O5S2. The SMILES string of the molecule is COc1cccc(-c2nc(COC(=O)c3ccccc3SCC(=O)N3CCCC3)cs2)c1OC. The molecule has 9 heteroatoms. The summed E-state index contributed by atoms with van der Waals surface area (Å²) in [4.78, 5) is 32.4. The fourth-order valence-corrected chi connectivity index (χ4v) is 5.50. The Balaban J connectivity index is 1.40. The Morgan fingerprint density at radius 3 is 2.62 bits per heavy atom. The summed E-state index contributed by atoms with van der Waals surface area (Å²) in [6.07, 6.45) is 2.12. The van der Waals surface area contributed by atoms with Crippen molar-refractivity contribution < 1.29 is 23.8 Å². The van der Waals surface area contributed by atoms with E-state index in [4.69, 9.17) is 14.2 Å². The molecule has 0 radical (unpaired) electrons. The Morgan fingerprint density at radius 1 is 1.06 bits per heavy atom. The zero-order valence-electron chi connectivity index (χ0n) is 19.1. The smallest absolute Gasteiger partial charge is 0.339 e. The normalized spacial score (nSPS) is 13.1. The lowest BCUT2D eigenvalue weighted by Gasteiger charge is -2.15. The number of benzene rings is 2. The van der Waals surface area contributed by atoms with Crippen LogP contribution in [0, 0.1) is 0 Å². The van der Waals surface area contributed by atoms with Crippen molar-refractivity contribution >= 4 is 35.0 Å². The highest BCUT2D eigenvalue weighted by atomic mass is 32.2. The third-order valence-electron chi connectivity index (χ3n) is 5.45. The van der Waals surface area contributed by atoms with Crippen LogP contribution < -0.4 is 9.47 Å². The summed E-state index contributed by atoms with van der Waals surface area (Å²) in [7, 11) is 3.18. The Kier molecular flexibility index (Phi) is 8.08. The third kappa shape index (κ3) is 5.53. The molecular weight excluding hydrogens is 472 g/mol. The van der Waals surface area contributed by atoms with E-state index in [1.165, 1.54) is 23.1 Å². The van der Waals surface area contributed by atoms with Crippen molar-refractivity contribution in [1.29, 1.82) is 0 Å². The minimum absolute atomic E-state index is 0.0489. The fraction of sp³-hybridized carbons (Fsp3) is 0.320. The zero-order valence-corrected chi connectivity index (χ0v) is 20.7. The maximum Gasteiger partial charge on any atom is 0.339 e. The number of carbonyl (C=O) groups is 2. The van der Waals surface area contributed by atoms with Crippen LogP contribution in [-0.2, 0) is 16.1 Å². The molecule has 2 heterocycles. The van der Waals surface area contributed by atoms with E-state index in [1.54, 1.807) is 26.4 Å². The Morgan fingerprint density at radius 2 is 1.85 bits per heavy atom. The monoisotopic (exact) mass is 498 g/mol. The van der Waals surface area contributed by atoms with Crippen molar-refractivity contribution in [3.63, 3.8) is 0 Å². The molecule has 0 unspecified atom stereocenters. The van der Waals surface area contributed by atoms with E-state index in [0.29, 0.717) is 28.5 Å². The number of carbonyl (C=O) groups excluding carboxylic acids is 2. The topological polar surface area (TPSA) is 78.0 Å². The van der Waals surface area contributed by atoms with E-state index in [2.05, 4.69) is 4.98 Å². The van der Waals surface area contributed by atoms with Crippen LogP contribution in [0.25, 0.3) is 10.6 Å². The molecule has 2 aromatic carbocycles. The summed E-state index contributed by atoms with van der Waals surface area (Å²) in [5, 5.41) is 2.61. The highest BCUT2D eigenvalue weighted by molar-refractivity contribution is 8.00. The van der Waals surface area contributed by atoms with Gasteiger partial charge in [0.05, 0.1) is 36.8 Å². The molecule has 1 aliphatic heterocycles. The maximum absolute atomic E-state index is 12.8. The van der Waals surface area contributed by atoms with E-state index >= 15 is 0 Å². The van der Waals surface area contributed by atoms with Crippen LogP contribution >= 0.6 is 23.1 Å². The predicted octanol–water partition coefficient (Wildman–Crippen LogP) is 4.90. The first kappa shape index (κ1) is 24.1. The van der Waals surface area contributed by atoms with Crippen LogP contribution in [0.4, 0.5) is 0 Å². The number of thioether (sulfide) groups is 1. The minimum atomic E-state index is -0.440. The van der Waals surface area contributed by atoms with Gasteiger partial charge in [0.1, 0.15) is 11.6 Å². The number of thiazole rings is 1. The molecule has 1 aliphatic rings. The van der Waals surface area contributed by atoms with E-state index < -0.39 is 5.97 Å². The number of nitrogens with zero attached hydrogens (tertiary/aromatic N) is 2. The van der Waals surface area contributed by atoms with Crippen LogP contribution in [0.15, 0.2) is 52.7 Å². The quantitative estimate of drug-likeness (QED) is 0.307. The molecule has 1 aromatic heterocycles. The second-order valence-corrected chi connectivity index (χ2v) is 9.51. The molecule has 0 N–H and O–H groups in total. The van der Waals surface area contributed by atoms with E-state index in [0.717, 1.165) is 41.4 Å². The highest BCUT2D eigenvalue weighted by Gasteiger charge is 2.20. The molecule has 0 bridgehead atoms. The maximum atomic E-state index is 12.8. The second-order valence-electron chi connectivity index (χ2n) is 7.63. The molecule has 178 valence electrons. The van der Waals surface area contributed by atoms with Gasteiger partial charge < -0.3 is 19.1 Å². The van der Waals surface area contributed by atoms with Gasteiger partial charge in [0.25, 0.3) is 0 Å². The van der Waals surface area contributed by atoms with Gasteiger partial charge in [-0.05, 0) is 37.1 Å². The first-order valence-corrected chi connectivity index (χ1v) is 12.8. The fourth-order valence-electron chi connectivity index (χ4n) is 3.73. The lowest BCUT2D eigenvalue weighted by atomic mass is 10.2. The predicted molar refractivity (Wildman–Crippen MR) is 133 cm³/mol. The standard InChI is InChI=1S/C25H26N2O5S2/c1-30-20-10-7-9-19(23(20)31-2)24-26-17(15-34-24)14-32-25(29)18-8-3-4-11-21(18)33-16-22(28)27-12-5-6-13-27/h3-4,7-11,15H,5-6,12-14,16H2,1-2H3. The summed E-state index contributed by atoms with van der Waals surface area (Å²) >= 11 is 2.81. The van der Waals surface area contributed by atoms with E-state index in [1.807, 2.05) is 40.6 Å². The molecule has 0 atom stereocenters. The molecule has 4 rings (SSSR count). The van der Waals surface area contributed by atoms with Crippen molar-refractivity contribution in [2.75, 3.05) is 33.1 Å². The van der Waals surface area contributed by atoms with E-state index in [9.17, 15) is 9.59 Å². The molecule has 1 amide bonds. The van der Waals surface area contributed by atoms with Crippen LogP contribution in [0.1, 0.15) is 28.9 Å². The molecule has 3 aromatic rings. The second kappa shape index (κ2) is 11.4. The van der Waals surface area contributed by atoms with Crippen molar-refractivity contribution in [2.24, 2.45) is 0 Å². The summed E-state index contributed by atoms with van der Waals surface area (Å²) in [6.45, 7) is 1.69. The van der Waals surface area contributed by atoms with Gasteiger partial charge >= 0.3 is 5.97 Å². The lowest BCUT2D eigenvalue weighted by molar-refractivity contribution is -0.127. The molecule has 1 saturated heterocycles. The van der Waals surface area contributed by atoms with Crippen LogP contribution in [-0.4, -0.2) is 54.8 Å². The number of hydrogen-bond donors (Lipinski definition) is 0. The summed E-state index contributed by atoms with van der Waals surface area (Å²) in [6, 6.07) is 12.8. The van der Waals surface area contributed by atoms with Gasteiger partial charge in [-0.25, -0.2) is 9.78 Å². The van der Waals surface area contributed by atoms with Crippen molar-refractivity contribution in [1.82, 2.24) is 9.88 Å². The number of amides is 1. The van der Waals surface area contributed by atoms with Crippen molar-refractivity contribution in [2.45, 2.75) is 24.3 Å². The van der Waals surface area contributed by atoms with Crippen LogP contribution in [0.5, 0.6) is 11.5 Å². The highest BCUT2D eigenvalue weighted by Crippen LogP contribution is 2.39. The summed E-state index contributed by atoms with van der Waals surface area (Å²) in [5.74, 6) is 1.21. The molecule has 0 spiro atoms. The van der Waals surface area contributed by atoms with Gasteiger partial charge in [-0.2, -0.15) is 0 Å². The zero-order chi connectivity index (χ0) is 23.9. The molecule has 0 aliphatic carbocycles. The Hall–Kier alpha value is -3.04.